The SMILES string of the molecule is CC1(C)Cc2cccc(CN3CCC(CNC(=O)c4nc5ccccc5s4)CC3)c2O1. The van der Waals surface area contributed by atoms with Crippen molar-refractivity contribution in [3.05, 3.63) is 58.6 Å². The number of carbonyl (C=O) groups excluding carboxylic acids is 1. The van der Waals surface area contributed by atoms with Crippen molar-refractivity contribution in [1.29, 1.82) is 0 Å². The largest absolute Gasteiger partial charge is 0.487 e. The second-order valence-corrected chi connectivity index (χ2v) is 10.4. The molecule has 3 aromatic rings. The van der Waals surface area contributed by atoms with Crippen LogP contribution in [-0.4, -0.2) is 41.0 Å². The fraction of sp³-hybridized carbons (Fsp3) is 0.440. The van der Waals surface area contributed by atoms with Crippen LogP contribution in [0.5, 0.6) is 5.75 Å². The second kappa shape index (κ2) is 8.24. The van der Waals surface area contributed by atoms with Crippen molar-refractivity contribution in [1.82, 2.24) is 15.2 Å². The van der Waals surface area contributed by atoms with Crippen molar-refractivity contribution >= 4 is 27.5 Å². The van der Waals surface area contributed by atoms with Gasteiger partial charge in [0.05, 0.1) is 10.2 Å². The summed E-state index contributed by atoms with van der Waals surface area (Å²) in [5, 5.41) is 3.66. The summed E-state index contributed by atoms with van der Waals surface area (Å²) in [6.07, 6.45) is 3.18. The van der Waals surface area contributed by atoms with Gasteiger partial charge in [0.15, 0.2) is 5.01 Å². The molecule has 3 heterocycles. The van der Waals surface area contributed by atoms with E-state index in [1.807, 2.05) is 24.3 Å². The zero-order valence-corrected chi connectivity index (χ0v) is 19.0. The minimum atomic E-state index is -0.104. The number of amides is 1. The first-order valence-corrected chi connectivity index (χ1v) is 11.9. The number of likely N-dealkylation sites (tertiary alicyclic amines) is 1. The minimum absolute atomic E-state index is 0.0526. The van der Waals surface area contributed by atoms with Crippen LogP contribution in [0.15, 0.2) is 42.5 Å². The van der Waals surface area contributed by atoms with Crippen LogP contribution in [0.4, 0.5) is 0 Å². The number of hydrogen-bond acceptors (Lipinski definition) is 5. The topological polar surface area (TPSA) is 54.5 Å². The molecule has 0 bridgehead atoms. The number of aromatic nitrogens is 1. The molecule has 0 unspecified atom stereocenters. The first-order chi connectivity index (χ1) is 15.0. The third kappa shape index (κ3) is 4.46. The van der Waals surface area contributed by atoms with E-state index in [0.717, 1.165) is 61.4 Å². The minimum Gasteiger partial charge on any atom is -0.487 e. The average molecular weight is 436 g/mol. The van der Waals surface area contributed by atoms with Gasteiger partial charge in [0, 0.05) is 25.1 Å². The van der Waals surface area contributed by atoms with Crippen LogP contribution in [0.2, 0.25) is 0 Å². The smallest absolute Gasteiger partial charge is 0.280 e. The van der Waals surface area contributed by atoms with Gasteiger partial charge in [-0.2, -0.15) is 0 Å². The van der Waals surface area contributed by atoms with Gasteiger partial charge in [0.1, 0.15) is 11.4 Å². The summed E-state index contributed by atoms with van der Waals surface area (Å²) >= 11 is 1.46. The van der Waals surface area contributed by atoms with E-state index in [4.69, 9.17) is 4.74 Å². The number of benzene rings is 2. The number of hydrogen-bond donors (Lipinski definition) is 1. The Labute approximate surface area is 187 Å². The molecule has 31 heavy (non-hydrogen) atoms. The maximum absolute atomic E-state index is 12.5. The molecule has 5 nitrogen and oxygen atoms in total. The quantitative estimate of drug-likeness (QED) is 0.634. The molecule has 162 valence electrons. The van der Waals surface area contributed by atoms with Gasteiger partial charge >= 0.3 is 0 Å². The molecule has 1 N–H and O–H groups in total. The molecule has 2 aliphatic rings. The van der Waals surface area contributed by atoms with Crippen LogP contribution in [0.3, 0.4) is 0 Å². The lowest BCUT2D eigenvalue weighted by Crippen LogP contribution is -2.38. The number of thiazole rings is 1. The van der Waals surface area contributed by atoms with Crippen LogP contribution in [0.1, 0.15) is 47.6 Å². The Morgan fingerprint density at radius 1 is 1.19 bits per heavy atom. The van der Waals surface area contributed by atoms with Crippen molar-refractivity contribution in [2.75, 3.05) is 19.6 Å². The third-order valence-electron chi connectivity index (χ3n) is 6.31. The molecule has 1 saturated heterocycles. The lowest BCUT2D eigenvalue weighted by molar-refractivity contribution is 0.0934. The Kier molecular flexibility index (Phi) is 5.44. The molecule has 2 aliphatic heterocycles. The van der Waals surface area contributed by atoms with E-state index in [9.17, 15) is 4.79 Å². The van der Waals surface area contributed by atoms with Gasteiger partial charge in [0.2, 0.25) is 0 Å². The molecule has 1 fully saturated rings. The monoisotopic (exact) mass is 435 g/mol. The van der Waals surface area contributed by atoms with Gasteiger partial charge in [-0.25, -0.2) is 4.98 Å². The van der Waals surface area contributed by atoms with Crippen molar-refractivity contribution in [3.8, 4) is 5.75 Å². The van der Waals surface area contributed by atoms with E-state index in [2.05, 4.69) is 47.2 Å². The summed E-state index contributed by atoms with van der Waals surface area (Å²) in [5.74, 6) is 1.56. The molecular formula is C25H29N3O2S. The van der Waals surface area contributed by atoms with E-state index in [-0.39, 0.29) is 11.5 Å². The maximum atomic E-state index is 12.5. The van der Waals surface area contributed by atoms with E-state index >= 15 is 0 Å². The molecular weight excluding hydrogens is 406 g/mol. The van der Waals surface area contributed by atoms with Crippen molar-refractivity contribution in [2.45, 2.75) is 45.3 Å². The number of carbonyl (C=O) groups is 1. The predicted octanol–water partition coefficient (Wildman–Crippen LogP) is 4.65. The number of fused-ring (bicyclic) bond motifs is 2. The van der Waals surface area contributed by atoms with Gasteiger partial charge in [-0.3, -0.25) is 9.69 Å². The highest BCUT2D eigenvalue weighted by molar-refractivity contribution is 7.20. The number of piperidine rings is 1. The fourth-order valence-corrected chi connectivity index (χ4v) is 5.56. The predicted molar refractivity (Wildman–Crippen MR) is 125 cm³/mol. The van der Waals surface area contributed by atoms with Crippen molar-refractivity contribution in [2.24, 2.45) is 5.92 Å². The summed E-state index contributed by atoms with van der Waals surface area (Å²) in [6.45, 7) is 8.07. The summed E-state index contributed by atoms with van der Waals surface area (Å²) < 4.78 is 7.29. The standard InChI is InChI=1S/C25H29N3O2S/c1-25(2)14-18-6-5-7-19(22(18)30-25)16-28-12-10-17(11-13-28)15-26-23(29)24-27-20-8-3-4-9-21(20)31-24/h3-9,17H,10-16H2,1-2H3,(H,26,29). The maximum Gasteiger partial charge on any atom is 0.280 e. The normalized spacial score (nSPS) is 18.6. The third-order valence-corrected chi connectivity index (χ3v) is 7.35. The molecule has 0 aliphatic carbocycles. The summed E-state index contributed by atoms with van der Waals surface area (Å²) in [4.78, 5) is 19.5. The highest BCUT2D eigenvalue weighted by Gasteiger charge is 2.32. The molecule has 6 heteroatoms. The first kappa shape index (κ1) is 20.5. The number of ether oxygens (including phenoxy) is 1. The van der Waals surface area contributed by atoms with Crippen LogP contribution >= 0.6 is 11.3 Å². The van der Waals surface area contributed by atoms with Crippen LogP contribution in [0.25, 0.3) is 10.2 Å². The van der Waals surface area contributed by atoms with Crippen LogP contribution in [0, 0.1) is 5.92 Å². The average Bonchev–Trinajstić information content (AvgIpc) is 3.33. The summed E-state index contributed by atoms with van der Waals surface area (Å²) in [5.41, 5.74) is 3.42. The van der Waals surface area contributed by atoms with E-state index in [0.29, 0.717) is 10.9 Å². The van der Waals surface area contributed by atoms with Gasteiger partial charge in [-0.05, 0) is 63.4 Å². The molecule has 0 saturated carbocycles. The molecule has 1 aromatic heterocycles. The van der Waals surface area contributed by atoms with E-state index < -0.39 is 0 Å². The number of para-hydroxylation sites is 2. The van der Waals surface area contributed by atoms with Crippen LogP contribution < -0.4 is 10.1 Å². The van der Waals surface area contributed by atoms with Crippen molar-refractivity contribution < 1.29 is 9.53 Å². The zero-order valence-electron chi connectivity index (χ0n) is 18.2. The number of nitrogens with one attached hydrogen (secondary N) is 1. The Hall–Kier alpha value is -2.44. The Balaban J connectivity index is 1.12. The number of rotatable bonds is 5. The molecule has 0 spiro atoms. The van der Waals surface area contributed by atoms with Crippen LogP contribution in [-0.2, 0) is 13.0 Å². The van der Waals surface area contributed by atoms with Crippen molar-refractivity contribution in [3.63, 3.8) is 0 Å². The summed E-state index contributed by atoms with van der Waals surface area (Å²) in [6, 6.07) is 14.4. The van der Waals surface area contributed by atoms with Gasteiger partial charge in [-0.15, -0.1) is 11.3 Å². The van der Waals surface area contributed by atoms with E-state index in [1.165, 1.54) is 22.5 Å². The Morgan fingerprint density at radius 2 is 2.00 bits per heavy atom. The van der Waals surface area contributed by atoms with Gasteiger partial charge < -0.3 is 10.1 Å². The highest BCUT2D eigenvalue weighted by Crippen LogP contribution is 2.38. The first-order valence-electron chi connectivity index (χ1n) is 11.1. The Morgan fingerprint density at radius 3 is 2.81 bits per heavy atom. The lowest BCUT2D eigenvalue weighted by Gasteiger charge is -2.32. The molecule has 0 radical (unpaired) electrons. The molecule has 0 atom stereocenters. The second-order valence-electron chi connectivity index (χ2n) is 9.36. The highest BCUT2D eigenvalue weighted by atomic mass is 32.1. The molecule has 5 rings (SSSR count). The zero-order chi connectivity index (χ0) is 21.4. The molecule has 1 amide bonds. The lowest BCUT2D eigenvalue weighted by atomic mass is 9.96. The fourth-order valence-electron chi connectivity index (χ4n) is 4.68. The molecule has 2 aromatic carbocycles. The summed E-state index contributed by atoms with van der Waals surface area (Å²) in [7, 11) is 0. The van der Waals surface area contributed by atoms with Gasteiger partial charge in [-0.1, -0.05) is 30.3 Å². The number of nitrogens with zero attached hydrogens (tertiary/aromatic N) is 2. The Bertz CT molecular complexity index is 1070. The van der Waals surface area contributed by atoms with Gasteiger partial charge in [0.25, 0.3) is 5.91 Å². The van der Waals surface area contributed by atoms with E-state index in [1.54, 1.807) is 0 Å².